The molecule has 3 aromatic carbocycles. The Bertz CT molecular complexity index is 2660. The van der Waals surface area contributed by atoms with Crippen molar-refractivity contribution in [1.29, 1.82) is 0 Å². The number of aliphatic carboxylic acids is 1. The molecule has 73 heavy (non-hydrogen) atoms. The quantitative estimate of drug-likeness (QED) is 0.0718. The van der Waals surface area contributed by atoms with Crippen LogP contribution in [0.3, 0.4) is 0 Å². The molecule has 2 saturated carbocycles. The second kappa shape index (κ2) is 21.0. The van der Waals surface area contributed by atoms with Crippen LogP contribution in [0.1, 0.15) is 113 Å². The van der Waals surface area contributed by atoms with Crippen LogP contribution in [0.25, 0.3) is 0 Å². The number of fused-ring (bicyclic) bond motifs is 5. The second-order valence-corrected chi connectivity index (χ2v) is 20.7. The molecule has 2 bridgehead atoms. The van der Waals surface area contributed by atoms with Gasteiger partial charge in [0.15, 0.2) is 5.60 Å². The number of amides is 2. The molecule has 3 aliphatic carbocycles. The van der Waals surface area contributed by atoms with Crippen molar-refractivity contribution >= 4 is 47.4 Å². The average Bonchev–Trinajstić information content (AvgIpc) is 3.35. The lowest BCUT2D eigenvalue weighted by atomic mass is 9.43. The van der Waals surface area contributed by atoms with E-state index in [0.29, 0.717) is 11.1 Å². The molecule has 18 heteroatoms. The van der Waals surface area contributed by atoms with Crippen LogP contribution in [0, 0.1) is 28.6 Å². The Morgan fingerprint density at radius 2 is 1.41 bits per heavy atom. The molecule has 0 spiro atoms. The minimum Gasteiger partial charge on any atom is -0.481 e. The number of ketones is 1. The van der Waals surface area contributed by atoms with E-state index in [0.717, 1.165) is 0 Å². The van der Waals surface area contributed by atoms with Gasteiger partial charge in [0.05, 0.1) is 36.0 Å². The van der Waals surface area contributed by atoms with E-state index in [1.807, 2.05) is 0 Å². The van der Waals surface area contributed by atoms with Crippen LogP contribution in [-0.4, -0.2) is 117 Å². The molecule has 390 valence electrons. The van der Waals surface area contributed by atoms with Crippen molar-refractivity contribution in [3.05, 3.63) is 119 Å². The van der Waals surface area contributed by atoms with Gasteiger partial charge in [-0.15, -0.1) is 0 Å². The van der Waals surface area contributed by atoms with Gasteiger partial charge in [-0.2, -0.15) is 0 Å². The third kappa shape index (κ3) is 10.0. The van der Waals surface area contributed by atoms with E-state index in [4.69, 9.17) is 23.7 Å². The van der Waals surface area contributed by atoms with E-state index in [2.05, 4.69) is 10.6 Å². The van der Waals surface area contributed by atoms with Gasteiger partial charge in [-0.3, -0.25) is 24.0 Å². The molecule has 5 N–H and O–H groups in total. The normalized spacial score (nSPS) is 29.2. The van der Waals surface area contributed by atoms with Crippen molar-refractivity contribution in [1.82, 2.24) is 10.6 Å². The van der Waals surface area contributed by atoms with E-state index in [1.165, 1.54) is 38.1 Å². The van der Waals surface area contributed by atoms with Crippen molar-refractivity contribution in [3.63, 3.8) is 0 Å². The molecule has 3 fully saturated rings. The van der Waals surface area contributed by atoms with Gasteiger partial charge in [-0.1, -0.05) is 101 Å². The summed E-state index contributed by atoms with van der Waals surface area (Å²) in [5.41, 5.74) is -6.27. The molecule has 1 aliphatic heterocycles. The lowest BCUT2D eigenvalue weighted by Crippen LogP contribution is -2.81. The highest BCUT2D eigenvalue weighted by molar-refractivity contribution is 5.96. The maximum Gasteiger partial charge on any atom is 0.350 e. The standard InChI is InChI=1S/C55H64N2O16/c1-29(2)42(56-39(60)24-25-40(61)62)50(66)71-44(43(33-18-12-9-13-19-33)57-48(64)34-20-14-10-15-21-34)51(67)70-36-27-55(68)47(72-49(65)35-22-16-11-17-23-35)45-53(8,46(63)31(4)41(30(36)3)52(55,6)7)37(59)26-38-54(45,28-69-38)73-32(5)58/h9-23,29,31,36-38,42-45,47,59,68H,24-28H2,1-8H3,(H,56,60)(H,57,64)(H,61,62)/t31?,36-,37-,38+,42-,43-,44+,45-,47-,53+,54-,55+/m0/s1. The van der Waals surface area contributed by atoms with Crippen LogP contribution in [0.4, 0.5) is 0 Å². The number of carboxylic acid groups (broad SMARTS) is 1. The summed E-state index contributed by atoms with van der Waals surface area (Å²) in [7, 11) is 0. The molecule has 0 radical (unpaired) electrons. The van der Waals surface area contributed by atoms with Crippen molar-refractivity contribution in [3.8, 4) is 0 Å². The Balaban J connectivity index is 1.38. The van der Waals surface area contributed by atoms with Crippen molar-refractivity contribution in [2.24, 2.45) is 28.6 Å². The fraction of sp³-hybridized carbons (Fsp3) is 0.491. The number of esters is 4. The fourth-order valence-electron chi connectivity index (χ4n) is 11.7. The number of benzene rings is 3. The van der Waals surface area contributed by atoms with E-state index in [1.54, 1.807) is 108 Å². The number of hydrogen-bond donors (Lipinski definition) is 5. The van der Waals surface area contributed by atoms with Crippen LogP contribution >= 0.6 is 0 Å². The molecule has 1 unspecified atom stereocenters. The minimum absolute atomic E-state index is 0.0735. The summed E-state index contributed by atoms with van der Waals surface area (Å²) >= 11 is 0. The molecule has 1 heterocycles. The minimum atomic E-state index is -2.34. The zero-order valence-electron chi connectivity index (χ0n) is 42.1. The summed E-state index contributed by atoms with van der Waals surface area (Å²) in [5, 5.41) is 40.6. The molecular formula is C55H64N2O16. The van der Waals surface area contributed by atoms with Gasteiger partial charge >= 0.3 is 29.8 Å². The van der Waals surface area contributed by atoms with Crippen molar-refractivity contribution in [2.45, 2.75) is 135 Å². The van der Waals surface area contributed by atoms with Gasteiger partial charge in [0.1, 0.15) is 41.8 Å². The third-order valence-electron chi connectivity index (χ3n) is 15.5. The van der Waals surface area contributed by atoms with E-state index < -0.39 is 149 Å². The first-order valence-electron chi connectivity index (χ1n) is 24.4. The maximum atomic E-state index is 15.5. The van der Waals surface area contributed by atoms with Gasteiger partial charge in [-0.05, 0) is 60.7 Å². The second-order valence-electron chi connectivity index (χ2n) is 20.7. The topological polar surface area (TPSA) is 267 Å². The lowest BCUT2D eigenvalue weighted by Gasteiger charge is -2.67. The van der Waals surface area contributed by atoms with Gasteiger partial charge in [0, 0.05) is 43.1 Å². The van der Waals surface area contributed by atoms with Gasteiger partial charge in [-0.25, -0.2) is 14.4 Å². The van der Waals surface area contributed by atoms with Gasteiger partial charge in [0.25, 0.3) is 5.91 Å². The number of carbonyl (C=O) groups excluding carboxylic acids is 7. The summed E-state index contributed by atoms with van der Waals surface area (Å²) in [6, 6.07) is 21.1. The Labute approximate surface area is 423 Å². The molecule has 3 aromatic rings. The smallest absolute Gasteiger partial charge is 0.350 e. The van der Waals surface area contributed by atoms with E-state index in [9.17, 15) is 44.1 Å². The number of ether oxygens (including phenoxy) is 5. The summed E-state index contributed by atoms with van der Waals surface area (Å²) in [5.74, 6) is -10.5. The number of aliphatic hydroxyl groups excluding tert-OH is 1. The first-order chi connectivity index (χ1) is 34.4. The van der Waals surface area contributed by atoms with Gasteiger partial charge in [0.2, 0.25) is 12.0 Å². The number of carboxylic acids is 1. The molecule has 7 rings (SSSR count). The Kier molecular flexibility index (Phi) is 15.5. The Morgan fingerprint density at radius 3 is 1.96 bits per heavy atom. The summed E-state index contributed by atoms with van der Waals surface area (Å²) < 4.78 is 31.1. The maximum absolute atomic E-state index is 15.5. The predicted octanol–water partition coefficient (Wildman–Crippen LogP) is 5.00. The number of hydrogen-bond acceptors (Lipinski definition) is 15. The highest BCUT2D eigenvalue weighted by Crippen LogP contribution is 2.65. The van der Waals surface area contributed by atoms with Crippen molar-refractivity contribution < 1.29 is 77.4 Å². The van der Waals surface area contributed by atoms with Gasteiger partial charge < -0.3 is 49.6 Å². The monoisotopic (exact) mass is 1010 g/mol. The van der Waals surface area contributed by atoms with Crippen LogP contribution < -0.4 is 10.6 Å². The molecule has 18 nitrogen and oxygen atoms in total. The number of Topliss-reactive ketones (excluding diaryl/α,β-unsaturated/α-hetero) is 1. The molecule has 12 atom stereocenters. The summed E-state index contributed by atoms with van der Waals surface area (Å²) in [6.45, 7) is 12.2. The molecule has 1 saturated heterocycles. The highest BCUT2D eigenvalue weighted by atomic mass is 16.6. The number of rotatable bonds is 16. The Morgan fingerprint density at radius 1 is 0.822 bits per heavy atom. The first-order valence-corrected chi connectivity index (χ1v) is 24.4. The zero-order chi connectivity index (χ0) is 53.4. The van der Waals surface area contributed by atoms with Crippen LogP contribution in [0.15, 0.2) is 102 Å². The summed E-state index contributed by atoms with van der Waals surface area (Å²) in [4.78, 5) is 111. The third-order valence-corrected chi connectivity index (χ3v) is 15.5. The highest BCUT2D eigenvalue weighted by Gasteiger charge is 2.77. The van der Waals surface area contributed by atoms with Crippen LogP contribution in [0.5, 0.6) is 0 Å². The zero-order valence-corrected chi connectivity index (χ0v) is 42.1. The van der Waals surface area contributed by atoms with E-state index in [-0.39, 0.29) is 29.7 Å². The molecule has 0 aromatic heterocycles. The number of aliphatic hydroxyl groups is 2. The lowest BCUT2D eigenvalue weighted by molar-refractivity contribution is -0.345. The summed E-state index contributed by atoms with van der Waals surface area (Å²) in [6.07, 6.45) is -9.43. The molecule has 2 amide bonds. The number of carbonyl (C=O) groups is 8. The molecule has 4 aliphatic rings. The Hall–Kier alpha value is -6.76. The van der Waals surface area contributed by atoms with Crippen LogP contribution in [0.2, 0.25) is 0 Å². The van der Waals surface area contributed by atoms with Crippen molar-refractivity contribution in [2.75, 3.05) is 6.61 Å². The van der Waals surface area contributed by atoms with E-state index >= 15 is 9.59 Å². The average molecular weight is 1010 g/mol. The predicted molar refractivity (Wildman–Crippen MR) is 259 cm³/mol. The molecular weight excluding hydrogens is 945 g/mol. The largest absolute Gasteiger partial charge is 0.481 e. The first kappa shape index (κ1) is 54.0. The SMILES string of the molecule is CC(=O)O[C@@]12CO[C@@H]1C[C@H](O)[C@@]1(C)C(=O)C(C)C3=C(C)[C@@H](OC(=O)[C@H](OC(=O)[C@@H](NC(=O)CCC(=O)O)C(C)C)[C@@H](NC(=O)c4ccccc4)c4ccccc4)C[C@@](O)([C@@H](OC(=O)c4ccccc4)[C@H]21)C3(C)C. The fourth-order valence-corrected chi connectivity index (χ4v) is 11.7. The van der Waals surface area contributed by atoms with Crippen LogP contribution in [-0.2, 0) is 52.5 Å². The number of nitrogens with one attached hydrogen (secondary N) is 2.